The highest BCUT2D eigenvalue weighted by molar-refractivity contribution is 7.21. The Bertz CT molecular complexity index is 2940. The smallest absolute Gasteiger partial charge is 0.180 e. The summed E-state index contributed by atoms with van der Waals surface area (Å²) in [6.45, 7) is 0. The average molecular weight is 783 g/mol. The third kappa shape index (κ3) is 5.85. The van der Waals surface area contributed by atoms with Crippen molar-refractivity contribution < 1.29 is 0 Å². The van der Waals surface area contributed by atoms with E-state index in [1.165, 1.54) is 75.8 Å². The Balaban J connectivity index is 1.08. The minimum Gasteiger partial charge on any atom is -0.359 e. The third-order valence-electron chi connectivity index (χ3n) is 12.4. The van der Waals surface area contributed by atoms with E-state index in [-0.39, 0.29) is 6.17 Å². The van der Waals surface area contributed by atoms with Crippen molar-refractivity contribution in [3.63, 3.8) is 0 Å². The van der Waals surface area contributed by atoms with E-state index in [4.69, 9.17) is 0 Å². The van der Waals surface area contributed by atoms with Crippen LogP contribution in [0.15, 0.2) is 243 Å². The molecule has 0 aliphatic carbocycles. The molecule has 11 rings (SSSR count). The molecule has 60 heavy (non-hydrogen) atoms. The first kappa shape index (κ1) is 35.7. The highest BCUT2D eigenvalue weighted by Crippen LogP contribution is 2.47. The average Bonchev–Trinajstić information content (AvgIpc) is 3.72. The van der Waals surface area contributed by atoms with Gasteiger partial charge in [0.05, 0.1) is 11.4 Å². The van der Waals surface area contributed by atoms with Crippen molar-refractivity contribution in [1.29, 1.82) is 0 Å². The summed E-state index contributed by atoms with van der Waals surface area (Å²) in [5.74, 6) is 0. The van der Waals surface area contributed by atoms with E-state index in [9.17, 15) is 0 Å². The maximum absolute atomic E-state index is 3.82. The van der Waals surface area contributed by atoms with Crippen LogP contribution in [0.4, 0.5) is 17.1 Å². The van der Waals surface area contributed by atoms with E-state index in [2.05, 4.69) is 253 Å². The minimum atomic E-state index is -2.88. The van der Waals surface area contributed by atoms with E-state index in [1.54, 1.807) is 0 Å². The predicted octanol–water partition coefficient (Wildman–Crippen LogP) is 12.0. The molecule has 0 aromatic heterocycles. The number of anilines is 3. The Morgan fingerprint density at radius 3 is 1.30 bits per heavy atom. The lowest BCUT2D eigenvalue weighted by Gasteiger charge is -2.37. The predicted molar refractivity (Wildman–Crippen MR) is 257 cm³/mol. The molecule has 1 unspecified atom stereocenters. The topological polar surface area (TPSA) is 15.3 Å². The molecule has 0 saturated carbocycles. The molecule has 1 aliphatic heterocycles. The molecule has 0 saturated heterocycles. The van der Waals surface area contributed by atoms with Gasteiger partial charge in [-0.05, 0) is 94.4 Å². The van der Waals surface area contributed by atoms with Gasteiger partial charge in [0.15, 0.2) is 8.07 Å². The summed E-state index contributed by atoms with van der Waals surface area (Å²) in [5.41, 5.74) is 9.54. The molecule has 0 radical (unpaired) electrons. The van der Waals surface area contributed by atoms with Crippen molar-refractivity contribution in [3.8, 4) is 22.3 Å². The first-order valence-corrected chi connectivity index (χ1v) is 22.8. The van der Waals surface area contributed by atoms with Gasteiger partial charge in [-0.1, -0.05) is 218 Å². The zero-order chi connectivity index (χ0) is 39.9. The molecule has 2 nitrogen and oxygen atoms in total. The fourth-order valence-electron chi connectivity index (χ4n) is 9.80. The second kappa shape index (κ2) is 15.0. The summed E-state index contributed by atoms with van der Waals surface area (Å²) in [5, 5.41) is 14.5. The van der Waals surface area contributed by atoms with E-state index in [0.29, 0.717) is 0 Å². The van der Waals surface area contributed by atoms with Crippen molar-refractivity contribution in [2.45, 2.75) is 6.17 Å². The summed E-state index contributed by atoms with van der Waals surface area (Å²) < 4.78 is 0. The number of nitrogens with zero attached hydrogens (tertiary/aromatic N) is 1. The first-order chi connectivity index (χ1) is 29.8. The molecule has 10 aromatic carbocycles. The van der Waals surface area contributed by atoms with E-state index >= 15 is 0 Å². The van der Waals surface area contributed by atoms with Gasteiger partial charge in [-0.3, -0.25) is 0 Å². The highest BCUT2D eigenvalue weighted by atomic mass is 28.3. The van der Waals surface area contributed by atoms with Gasteiger partial charge in [0.25, 0.3) is 0 Å². The normalized spacial score (nSPS) is 13.6. The van der Waals surface area contributed by atoms with Crippen molar-refractivity contribution in [2.24, 2.45) is 0 Å². The molecule has 1 aliphatic rings. The molecular weight excluding hydrogens is 741 g/mol. The summed E-state index contributed by atoms with van der Waals surface area (Å²) in [6.07, 6.45) is -0.00164. The number of benzene rings is 10. The standard InChI is InChI=1S/C57H42N2Si/c1-6-20-43(21-7-1)57-58-53-39-38-44(40-54(53)59(57)45-22-8-2-9-23-45)41-34-36-42(37-35-41)55-49-30-16-18-32-51(49)56(52-33-19-17-31-50(52)55)60(46-24-10-3-11-25-46,47-26-12-4-13-27-47)48-28-14-5-15-29-48/h1-40,57-58H. The molecule has 1 atom stereocenters. The Labute approximate surface area is 352 Å². The molecule has 1 N–H and O–H groups in total. The monoisotopic (exact) mass is 782 g/mol. The zero-order valence-electron chi connectivity index (χ0n) is 33.1. The van der Waals surface area contributed by atoms with Crippen LogP contribution in [0, 0.1) is 0 Å². The van der Waals surface area contributed by atoms with Gasteiger partial charge in [0, 0.05) is 5.69 Å². The summed E-state index contributed by atoms with van der Waals surface area (Å²) in [4.78, 5) is 2.42. The number of rotatable bonds is 8. The van der Waals surface area contributed by atoms with Crippen LogP contribution in [0.25, 0.3) is 43.8 Å². The van der Waals surface area contributed by atoms with Gasteiger partial charge in [0.1, 0.15) is 6.17 Å². The molecule has 0 amide bonds. The van der Waals surface area contributed by atoms with Gasteiger partial charge in [-0.25, -0.2) is 0 Å². The number of hydrogen-bond donors (Lipinski definition) is 1. The molecule has 1 heterocycles. The van der Waals surface area contributed by atoms with E-state index < -0.39 is 8.07 Å². The SMILES string of the molecule is c1ccc(C2Nc3ccc(-c4ccc(-c5c6ccccc6c([Si](c6ccccc6)(c6ccccc6)c6ccccc6)c6ccccc56)cc4)cc3N2c2ccccc2)cc1. The van der Waals surface area contributed by atoms with Gasteiger partial charge in [-0.2, -0.15) is 0 Å². The summed E-state index contributed by atoms with van der Waals surface area (Å²) >= 11 is 0. The number of para-hydroxylation sites is 1. The summed E-state index contributed by atoms with van der Waals surface area (Å²) in [7, 11) is -2.88. The fourth-order valence-corrected chi connectivity index (χ4v) is 15.0. The summed E-state index contributed by atoms with van der Waals surface area (Å²) in [6, 6.07) is 89.6. The fraction of sp³-hybridized carbons (Fsp3) is 0.0175. The van der Waals surface area contributed by atoms with E-state index in [1.807, 2.05) is 0 Å². The van der Waals surface area contributed by atoms with Crippen LogP contribution in [-0.4, -0.2) is 8.07 Å². The molecule has 10 aromatic rings. The molecule has 284 valence electrons. The largest absolute Gasteiger partial charge is 0.359 e. The van der Waals surface area contributed by atoms with Gasteiger partial charge >= 0.3 is 0 Å². The Kier molecular flexibility index (Phi) is 8.95. The molecular formula is C57H42N2Si. The van der Waals surface area contributed by atoms with Crippen molar-refractivity contribution in [1.82, 2.24) is 0 Å². The molecule has 0 spiro atoms. The first-order valence-electron chi connectivity index (χ1n) is 20.8. The van der Waals surface area contributed by atoms with Crippen LogP contribution in [0.5, 0.6) is 0 Å². The van der Waals surface area contributed by atoms with Crippen LogP contribution < -0.4 is 31.0 Å². The lowest BCUT2D eigenvalue weighted by Crippen LogP contribution is -2.75. The number of fused-ring (bicyclic) bond motifs is 3. The Hall–Kier alpha value is -7.46. The van der Waals surface area contributed by atoms with Crippen molar-refractivity contribution in [3.05, 3.63) is 248 Å². The Morgan fingerprint density at radius 1 is 0.367 bits per heavy atom. The van der Waals surface area contributed by atoms with Gasteiger partial charge < -0.3 is 10.2 Å². The van der Waals surface area contributed by atoms with Crippen LogP contribution in [0.1, 0.15) is 11.7 Å². The quantitative estimate of drug-likeness (QED) is 0.0938. The maximum atomic E-state index is 3.82. The molecule has 0 fully saturated rings. The van der Waals surface area contributed by atoms with Crippen LogP contribution >= 0.6 is 0 Å². The zero-order valence-corrected chi connectivity index (χ0v) is 34.1. The number of nitrogens with one attached hydrogen (secondary N) is 1. The highest BCUT2D eigenvalue weighted by Gasteiger charge is 2.44. The van der Waals surface area contributed by atoms with Crippen LogP contribution in [0.3, 0.4) is 0 Å². The Morgan fingerprint density at radius 2 is 0.783 bits per heavy atom. The van der Waals surface area contributed by atoms with Crippen LogP contribution in [0.2, 0.25) is 0 Å². The van der Waals surface area contributed by atoms with Crippen LogP contribution in [-0.2, 0) is 0 Å². The molecule has 0 bridgehead atoms. The second-order valence-corrected chi connectivity index (χ2v) is 19.4. The van der Waals surface area contributed by atoms with E-state index in [0.717, 1.165) is 11.4 Å². The van der Waals surface area contributed by atoms with Crippen molar-refractivity contribution >= 4 is 67.4 Å². The molecule has 3 heteroatoms. The second-order valence-electron chi connectivity index (χ2n) is 15.7. The van der Waals surface area contributed by atoms with Gasteiger partial charge in [-0.15, -0.1) is 0 Å². The number of hydrogen-bond acceptors (Lipinski definition) is 2. The van der Waals surface area contributed by atoms with Crippen molar-refractivity contribution in [2.75, 3.05) is 10.2 Å². The van der Waals surface area contributed by atoms with Gasteiger partial charge in [0.2, 0.25) is 0 Å². The lowest BCUT2D eigenvalue weighted by atomic mass is 9.91. The minimum absolute atomic E-state index is 0.00164. The maximum Gasteiger partial charge on any atom is 0.180 e. The lowest BCUT2D eigenvalue weighted by molar-refractivity contribution is 0.828. The third-order valence-corrected chi connectivity index (χ3v) is 17.3.